The summed E-state index contributed by atoms with van der Waals surface area (Å²) in [6.07, 6.45) is 2.33. The lowest BCUT2D eigenvalue weighted by atomic mass is 10.2. The lowest BCUT2D eigenvalue weighted by Crippen LogP contribution is -2.23. The molecule has 0 amide bonds. The van der Waals surface area contributed by atoms with Gasteiger partial charge in [-0.05, 0) is 47.8 Å². The molecule has 1 heterocycles. The molecule has 0 aliphatic heterocycles. The van der Waals surface area contributed by atoms with E-state index in [1.54, 1.807) is 6.92 Å². The first kappa shape index (κ1) is 12.5. The van der Waals surface area contributed by atoms with Crippen molar-refractivity contribution >= 4 is 21.7 Å². The molecule has 0 saturated carbocycles. The van der Waals surface area contributed by atoms with Crippen molar-refractivity contribution in [3.63, 3.8) is 0 Å². The van der Waals surface area contributed by atoms with Crippen molar-refractivity contribution in [2.24, 2.45) is 0 Å². The quantitative estimate of drug-likeness (QED) is 0.914. The maximum atomic E-state index is 9.20. The summed E-state index contributed by atoms with van der Waals surface area (Å²) < 4.78 is 0.996. The minimum atomic E-state index is -0.267. The number of hydrogen-bond acceptors (Lipinski definition) is 3. The summed E-state index contributed by atoms with van der Waals surface area (Å²) in [5.41, 5.74) is 1.13. The summed E-state index contributed by atoms with van der Waals surface area (Å²) in [4.78, 5) is 6.39. The molecule has 1 aromatic rings. The topological polar surface area (TPSA) is 36.4 Å². The summed E-state index contributed by atoms with van der Waals surface area (Å²) in [6.45, 7) is 4.61. The molecule has 0 aliphatic carbocycles. The Hall–Kier alpha value is -0.610. The van der Waals surface area contributed by atoms with E-state index < -0.39 is 0 Å². The van der Waals surface area contributed by atoms with Gasteiger partial charge in [-0.3, -0.25) is 0 Å². The number of anilines is 1. The zero-order chi connectivity index (χ0) is 11.4. The highest BCUT2D eigenvalue weighted by molar-refractivity contribution is 9.10. The molecule has 0 spiro atoms. The highest BCUT2D eigenvalue weighted by Crippen LogP contribution is 2.23. The molecule has 0 fully saturated rings. The van der Waals surface area contributed by atoms with Crippen LogP contribution in [-0.2, 0) is 0 Å². The van der Waals surface area contributed by atoms with Crippen LogP contribution in [0.15, 0.2) is 16.7 Å². The fraction of sp³-hybridized carbons (Fsp3) is 0.545. The van der Waals surface area contributed by atoms with E-state index in [1.165, 1.54) is 0 Å². The lowest BCUT2D eigenvalue weighted by Gasteiger charge is -2.20. The van der Waals surface area contributed by atoms with Gasteiger partial charge in [0.15, 0.2) is 0 Å². The number of aryl methyl sites for hydroxylation is 1. The predicted octanol–water partition coefficient (Wildman–Crippen LogP) is 2.36. The molecule has 0 bridgehead atoms. The number of nitrogens with zero attached hydrogens (tertiary/aromatic N) is 2. The molecule has 0 aliphatic rings. The second-order valence-corrected chi connectivity index (χ2v) is 4.73. The average Bonchev–Trinajstić information content (AvgIpc) is 2.14. The third kappa shape index (κ3) is 3.80. The average molecular weight is 273 g/mol. The summed E-state index contributed by atoms with van der Waals surface area (Å²) in [7, 11) is 1.98. The first-order chi connectivity index (χ1) is 7.00. The Morgan fingerprint density at radius 3 is 2.80 bits per heavy atom. The molecule has 0 saturated heterocycles. The Balaban J connectivity index is 2.69. The maximum Gasteiger partial charge on any atom is 0.142 e. The monoisotopic (exact) mass is 272 g/mol. The van der Waals surface area contributed by atoms with Gasteiger partial charge in [0.05, 0.1) is 10.6 Å². The Labute approximate surface area is 99.3 Å². The summed E-state index contributed by atoms with van der Waals surface area (Å²) in [5.74, 6) is 0.918. The predicted molar refractivity (Wildman–Crippen MR) is 66.2 cm³/mol. The van der Waals surface area contributed by atoms with Gasteiger partial charge >= 0.3 is 0 Å². The fourth-order valence-electron chi connectivity index (χ4n) is 1.29. The number of aliphatic hydroxyl groups is 1. The van der Waals surface area contributed by atoms with Gasteiger partial charge in [0.25, 0.3) is 0 Å². The molecule has 0 radical (unpaired) electrons. The van der Waals surface area contributed by atoms with Crippen LogP contribution in [0.1, 0.15) is 18.9 Å². The molecule has 4 heteroatoms. The summed E-state index contributed by atoms with van der Waals surface area (Å²) in [6, 6.07) is 2.04. The molecule has 1 atom stereocenters. The molecule has 1 aromatic heterocycles. The van der Waals surface area contributed by atoms with Gasteiger partial charge in [0.2, 0.25) is 0 Å². The Kier molecular flexibility index (Phi) is 4.54. The van der Waals surface area contributed by atoms with Crippen molar-refractivity contribution in [2.45, 2.75) is 26.4 Å². The molecule has 84 valence electrons. The van der Waals surface area contributed by atoms with Crippen LogP contribution < -0.4 is 4.90 Å². The van der Waals surface area contributed by atoms with Gasteiger partial charge < -0.3 is 10.0 Å². The molecule has 1 rings (SSSR count). The first-order valence-electron chi connectivity index (χ1n) is 5.02. The molecular weight excluding hydrogens is 256 g/mol. The van der Waals surface area contributed by atoms with E-state index >= 15 is 0 Å². The van der Waals surface area contributed by atoms with Crippen LogP contribution in [0.25, 0.3) is 0 Å². The lowest BCUT2D eigenvalue weighted by molar-refractivity contribution is 0.187. The summed E-state index contributed by atoms with van der Waals surface area (Å²) >= 11 is 3.49. The number of hydrogen-bond donors (Lipinski definition) is 1. The van der Waals surface area contributed by atoms with Crippen molar-refractivity contribution in [3.8, 4) is 0 Å². The van der Waals surface area contributed by atoms with Gasteiger partial charge in [-0.15, -0.1) is 0 Å². The molecular formula is C11H17BrN2O. The van der Waals surface area contributed by atoms with Crippen molar-refractivity contribution in [1.29, 1.82) is 0 Å². The van der Waals surface area contributed by atoms with E-state index in [0.717, 1.165) is 28.8 Å². The number of rotatable bonds is 4. The smallest absolute Gasteiger partial charge is 0.142 e. The van der Waals surface area contributed by atoms with E-state index in [4.69, 9.17) is 0 Å². The zero-order valence-electron chi connectivity index (χ0n) is 9.37. The maximum absolute atomic E-state index is 9.20. The third-order valence-electron chi connectivity index (χ3n) is 2.20. The minimum absolute atomic E-state index is 0.267. The Bertz CT molecular complexity index is 328. The first-order valence-corrected chi connectivity index (χ1v) is 5.81. The highest BCUT2D eigenvalue weighted by atomic mass is 79.9. The normalized spacial score (nSPS) is 12.6. The Morgan fingerprint density at radius 2 is 2.27 bits per heavy atom. The van der Waals surface area contributed by atoms with Crippen molar-refractivity contribution < 1.29 is 5.11 Å². The van der Waals surface area contributed by atoms with E-state index in [-0.39, 0.29) is 6.10 Å². The number of pyridine rings is 1. The largest absolute Gasteiger partial charge is 0.393 e. The fourth-order valence-corrected chi connectivity index (χ4v) is 2.06. The second kappa shape index (κ2) is 5.47. The standard InChI is InChI=1S/C11H17BrN2O/c1-8-6-10(12)11(13-7-8)14(3)5-4-9(2)15/h6-7,9,15H,4-5H2,1-3H3. The number of halogens is 1. The number of aromatic nitrogens is 1. The van der Waals surface area contributed by atoms with Gasteiger partial charge in [-0.2, -0.15) is 0 Å². The van der Waals surface area contributed by atoms with Crippen LogP contribution in [0.2, 0.25) is 0 Å². The van der Waals surface area contributed by atoms with E-state index in [2.05, 4.69) is 20.9 Å². The zero-order valence-corrected chi connectivity index (χ0v) is 11.0. The number of aliphatic hydroxyl groups excluding tert-OH is 1. The Morgan fingerprint density at radius 1 is 1.60 bits per heavy atom. The van der Waals surface area contributed by atoms with Crippen LogP contribution in [0, 0.1) is 6.92 Å². The SMILES string of the molecule is Cc1cnc(N(C)CCC(C)O)c(Br)c1. The van der Waals surface area contributed by atoms with Crippen LogP contribution >= 0.6 is 15.9 Å². The van der Waals surface area contributed by atoms with Gasteiger partial charge in [0.1, 0.15) is 5.82 Å². The highest BCUT2D eigenvalue weighted by Gasteiger charge is 2.08. The van der Waals surface area contributed by atoms with Gasteiger partial charge in [-0.25, -0.2) is 4.98 Å². The molecule has 15 heavy (non-hydrogen) atoms. The van der Waals surface area contributed by atoms with Crippen LogP contribution in [-0.4, -0.2) is 29.8 Å². The molecule has 1 unspecified atom stereocenters. The van der Waals surface area contributed by atoms with E-state index in [9.17, 15) is 5.11 Å². The van der Waals surface area contributed by atoms with Crippen molar-refractivity contribution in [2.75, 3.05) is 18.5 Å². The molecule has 3 nitrogen and oxygen atoms in total. The van der Waals surface area contributed by atoms with E-state index in [1.807, 2.05) is 31.1 Å². The van der Waals surface area contributed by atoms with Gasteiger partial charge in [-0.1, -0.05) is 0 Å². The second-order valence-electron chi connectivity index (χ2n) is 3.88. The van der Waals surface area contributed by atoms with Crippen LogP contribution in [0.5, 0.6) is 0 Å². The minimum Gasteiger partial charge on any atom is -0.393 e. The van der Waals surface area contributed by atoms with Crippen molar-refractivity contribution in [1.82, 2.24) is 4.98 Å². The van der Waals surface area contributed by atoms with Crippen LogP contribution in [0.4, 0.5) is 5.82 Å². The van der Waals surface area contributed by atoms with E-state index in [0.29, 0.717) is 0 Å². The van der Waals surface area contributed by atoms with Gasteiger partial charge in [0, 0.05) is 19.8 Å². The molecule has 0 aromatic carbocycles. The molecule has 1 N–H and O–H groups in total. The summed E-state index contributed by atoms with van der Waals surface area (Å²) in [5, 5.41) is 9.20. The van der Waals surface area contributed by atoms with Crippen molar-refractivity contribution in [3.05, 3.63) is 22.3 Å². The third-order valence-corrected chi connectivity index (χ3v) is 2.79. The van der Waals surface area contributed by atoms with Crippen LogP contribution in [0.3, 0.4) is 0 Å².